The Kier molecular flexibility index (Phi) is 9.31. The predicted molar refractivity (Wildman–Crippen MR) is 178 cm³/mol. The van der Waals surface area contributed by atoms with Crippen LogP contribution in [0.15, 0.2) is 60.2 Å². The molecule has 2 aromatic carbocycles. The van der Waals surface area contributed by atoms with Crippen molar-refractivity contribution in [3.05, 3.63) is 81.4 Å². The minimum Gasteiger partial charge on any atom is -0.478 e. The Morgan fingerprint density at radius 3 is 2.45 bits per heavy atom. The summed E-state index contributed by atoms with van der Waals surface area (Å²) in [6, 6.07) is 10.1. The van der Waals surface area contributed by atoms with Crippen molar-refractivity contribution in [2.24, 2.45) is 28.6 Å². The molecule has 8 nitrogen and oxygen atoms in total. The number of aliphatic hydroxyl groups excluding tert-OH is 2. The minimum atomic E-state index is -1.98. The minimum absolute atomic E-state index is 0.0676. The molecule has 8 atom stereocenters. The maximum absolute atomic E-state index is 16.9. The second kappa shape index (κ2) is 12.4. The molecule has 0 amide bonds. The molecule has 3 saturated carbocycles. The van der Waals surface area contributed by atoms with Gasteiger partial charge in [0.1, 0.15) is 12.2 Å². The zero-order valence-electron chi connectivity index (χ0n) is 26.7. The fourth-order valence-electron chi connectivity index (χ4n) is 8.95. The maximum Gasteiger partial charge on any atom is 0.337 e. The summed E-state index contributed by atoms with van der Waals surface area (Å²) in [5.41, 5.74) is -3.18. The summed E-state index contributed by atoms with van der Waals surface area (Å²) in [5.74, 6) is -3.13. The van der Waals surface area contributed by atoms with Crippen molar-refractivity contribution in [2.45, 2.75) is 70.8 Å². The van der Waals surface area contributed by atoms with Crippen LogP contribution in [0.4, 0.5) is 15.8 Å². The van der Waals surface area contributed by atoms with E-state index in [0.29, 0.717) is 46.3 Å². The van der Waals surface area contributed by atoms with E-state index in [4.69, 9.17) is 28.3 Å². The van der Waals surface area contributed by atoms with Crippen molar-refractivity contribution in [3.63, 3.8) is 0 Å². The van der Waals surface area contributed by atoms with Crippen LogP contribution in [0.3, 0.4) is 0 Å². The fourth-order valence-corrected chi connectivity index (χ4v) is 9.41. The zero-order valence-corrected chi connectivity index (χ0v) is 28.2. The number of aliphatic hydroxyl groups is 3. The number of carboxylic acids is 1. The Morgan fingerprint density at radius 1 is 1.11 bits per heavy atom. The number of para-hydroxylation sites is 1. The molecule has 0 aliphatic heterocycles. The van der Waals surface area contributed by atoms with Crippen molar-refractivity contribution < 1.29 is 39.2 Å². The largest absolute Gasteiger partial charge is 0.478 e. The first kappa shape index (κ1) is 35.2. The van der Waals surface area contributed by atoms with E-state index >= 15 is 4.39 Å². The van der Waals surface area contributed by atoms with Crippen LogP contribution in [0.5, 0.6) is 0 Å². The summed E-state index contributed by atoms with van der Waals surface area (Å²) in [5, 5.41) is 45.0. The average molecular weight is 689 g/mol. The van der Waals surface area contributed by atoms with Crippen LogP contribution < -0.4 is 5.32 Å². The highest BCUT2D eigenvalue weighted by Gasteiger charge is 2.75. The number of ketones is 2. The van der Waals surface area contributed by atoms with Gasteiger partial charge < -0.3 is 25.7 Å². The quantitative estimate of drug-likeness (QED) is 0.235. The van der Waals surface area contributed by atoms with Crippen molar-refractivity contribution in [2.75, 3.05) is 11.9 Å². The lowest BCUT2D eigenvalue weighted by Crippen LogP contribution is -2.69. The van der Waals surface area contributed by atoms with Crippen LogP contribution in [-0.2, 0) is 9.59 Å². The van der Waals surface area contributed by atoms with E-state index in [2.05, 4.69) is 5.32 Å². The highest BCUT2D eigenvalue weighted by molar-refractivity contribution is 6.39. The number of Topliss-reactive ketones (excluding diaryl/α,β-unsaturated/α-hetero) is 1. The van der Waals surface area contributed by atoms with E-state index in [1.807, 2.05) is 6.92 Å². The summed E-state index contributed by atoms with van der Waals surface area (Å²) in [4.78, 5) is 35.5. The third-order valence-corrected chi connectivity index (χ3v) is 12.3. The molecular formula is C36H40Cl2FNO7. The average Bonchev–Trinajstić information content (AvgIpc) is 3.23. The SMILES string of the molecule is C[C@H]1C[C@H]2[C@@H]3CCC4=CC(=O)C=C[C@]4(C)[C@@]3(F)[C@@H](O)C[C@]2(C)[C@@]1(O)C(=O)CO.Cc1ccc(Cl)c(Nc2ccccc2C(=O)O)c1Cl. The summed E-state index contributed by atoms with van der Waals surface area (Å²) >= 11 is 12.3. The summed E-state index contributed by atoms with van der Waals surface area (Å²) in [6.45, 7) is 6.33. The summed E-state index contributed by atoms with van der Waals surface area (Å²) < 4.78 is 16.9. The fraction of sp³-hybridized carbons (Fsp3) is 0.472. The lowest BCUT2D eigenvalue weighted by Gasteiger charge is -2.62. The molecule has 4 aliphatic rings. The number of carbonyl (C=O) groups is 3. The van der Waals surface area contributed by atoms with Gasteiger partial charge in [-0.2, -0.15) is 0 Å². The van der Waals surface area contributed by atoms with Gasteiger partial charge in [0, 0.05) is 16.7 Å². The number of hydrogen-bond acceptors (Lipinski definition) is 7. The monoisotopic (exact) mass is 687 g/mol. The zero-order chi connectivity index (χ0) is 34.7. The van der Waals surface area contributed by atoms with Crippen LogP contribution in [0, 0.1) is 35.5 Å². The molecule has 0 aromatic heterocycles. The number of anilines is 2. The normalized spacial score (nSPS) is 35.4. The smallest absolute Gasteiger partial charge is 0.337 e. The number of carbonyl (C=O) groups excluding carboxylic acids is 2. The molecule has 47 heavy (non-hydrogen) atoms. The first-order valence-corrected chi connectivity index (χ1v) is 16.4. The predicted octanol–water partition coefficient (Wildman–Crippen LogP) is 6.64. The molecule has 0 unspecified atom stereocenters. The molecule has 5 N–H and O–H groups in total. The second-order valence-corrected chi connectivity index (χ2v) is 14.6. The Labute approximate surface area is 283 Å². The molecule has 0 bridgehead atoms. The number of halogens is 3. The Hall–Kier alpha value is -3.08. The summed E-state index contributed by atoms with van der Waals surface area (Å²) in [6.07, 6.45) is 4.44. The van der Waals surface area contributed by atoms with Gasteiger partial charge in [-0.25, -0.2) is 9.18 Å². The van der Waals surface area contributed by atoms with Crippen LogP contribution in [0.1, 0.15) is 62.4 Å². The lowest BCUT2D eigenvalue weighted by molar-refractivity contribution is -0.219. The number of aromatic carboxylic acids is 1. The van der Waals surface area contributed by atoms with Crippen LogP contribution in [0.2, 0.25) is 10.0 Å². The van der Waals surface area contributed by atoms with Crippen LogP contribution in [-0.4, -0.2) is 61.9 Å². The molecule has 11 heteroatoms. The van der Waals surface area contributed by atoms with Gasteiger partial charge in [0.15, 0.2) is 17.2 Å². The van der Waals surface area contributed by atoms with E-state index in [1.165, 1.54) is 18.2 Å². The first-order chi connectivity index (χ1) is 22.0. The number of nitrogens with one attached hydrogen (secondary N) is 1. The van der Waals surface area contributed by atoms with Gasteiger partial charge in [-0.1, -0.05) is 66.9 Å². The van der Waals surface area contributed by atoms with Gasteiger partial charge in [0.2, 0.25) is 0 Å². The highest BCUT2D eigenvalue weighted by atomic mass is 35.5. The van der Waals surface area contributed by atoms with Gasteiger partial charge in [-0.15, -0.1) is 0 Å². The molecule has 0 heterocycles. The number of hydrogen-bond donors (Lipinski definition) is 5. The molecule has 0 spiro atoms. The maximum atomic E-state index is 16.9. The van der Waals surface area contributed by atoms with Crippen molar-refractivity contribution in [1.29, 1.82) is 0 Å². The molecule has 0 saturated heterocycles. The number of allylic oxidation sites excluding steroid dienone is 4. The van der Waals surface area contributed by atoms with Gasteiger partial charge in [0.25, 0.3) is 0 Å². The summed E-state index contributed by atoms with van der Waals surface area (Å²) in [7, 11) is 0. The number of aryl methyl sites for hydroxylation is 1. The van der Waals surface area contributed by atoms with Gasteiger partial charge in [0.05, 0.1) is 33.1 Å². The molecule has 3 fully saturated rings. The molecular weight excluding hydrogens is 648 g/mol. The van der Waals surface area contributed by atoms with Crippen molar-refractivity contribution in [3.8, 4) is 0 Å². The van der Waals surface area contributed by atoms with E-state index < -0.39 is 58.4 Å². The van der Waals surface area contributed by atoms with E-state index in [0.717, 1.165) is 5.56 Å². The number of fused-ring (bicyclic) bond motifs is 5. The number of benzene rings is 2. The van der Waals surface area contributed by atoms with Crippen molar-refractivity contribution >= 4 is 52.1 Å². The molecule has 0 radical (unpaired) electrons. The standard InChI is InChI=1S/C22H29FO5.C14H11Cl2NO2/c1-12-8-16-15-5-4-13-9-14(25)6-7-19(13,2)21(15,23)17(26)10-20(16,3)22(12,28)18(27)11-24;1-8-6-7-10(15)13(12(8)16)17-11-5-3-2-4-9(11)14(18)19/h6-7,9,12,15-17,24,26,28H,4-5,8,10-11H2,1-3H3;2-7,17H,1H3,(H,18,19)/t12-,15-,16-,17-,19-,20-,21-,22-;/m0./s1. The number of rotatable bonds is 5. The van der Waals surface area contributed by atoms with E-state index in [-0.39, 0.29) is 23.7 Å². The lowest BCUT2D eigenvalue weighted by atomic mass is 9.44. The van der Waals surface area contributed by atoms with E-state index in [1.54, 1.807) is 57.2 Å². The molecule has 2 aromatic rings. The Balaban J connectivity index is 0.000000199. The van der Waals surface area contributed by atoms with E-state index in [9.17, 15) is 29.7 Å². The first-order valence-electron chi connectivity index (χ1n) is 15.7. The van der Waals surface area contributed by atoms with Crippen molar-refractivity contribution in [1.82, 2.24) is 0 Å². The Morgan fingerprint density at radius 2 is 1.79 bits per heavy atom. The molecule has 4 aliphatic carbocycles. The molecule has 6 rings (SSSR count). The highest BCUT2D eigenvalue weighted by Crippen LogP contribution is 2.70. The van der Waals surface area contributed by atoms with Gasteiger partial charge in [-0.3, -0.25) is 9.59 Å². The van der Waals surface area contributed by atoms with Gasteiger partial charge in [-0.05, 0) is 87.3 Å². The van der Waals surface area contributed by atoms with Crippen LogP contribution >= 0.6 is 23.2 Å². The number of carboxylic acid groups (broad SMARTS) is 1. The topological polar surface area (TPSA) is 144 Å². The second-order valence-electron chi connectivity index (χ2n) is 13.8. The third kappa shape index (κ3) is 5.26. The molecule has 252 valence electrons. The van der Waals surface area contributed by atoms with Gasteiger partial charge >= 0.3 is 5.97 Å². The Bertz CT molecular complexity index is 1700. The number of alkyl halides is 1. The van der Waals surface area contributed by atoms with Crippen LogP contribution in [0.25, 0.3) is 0 Å². The third-order valence-electron chi connectivity index (χ3n) is 11.5.